The Morgan fingerprint density at radius 1 is 0.909 bits per heavy atom. The summed E-state index contributed by atoms with van der Waals surface area (Å²) in [6.45, 7) is 14.4. The van der Waals surface area contributed by atoms with Crippen LogP contribution in [0.4, 0.5) is 0 Å². The van der Waals surface area contributed by atoms with Gasteiger partial charge in [-0.05, 0) is 29.1 Å². The van der Waals surface area contributed by atoms with Gasteiger partial charge in [0.15, 0.2) is 0 Å². The second-order valence-corrected chi connectivity index (χ2v) is 5.63. The molecule has 0 unspecified atom stereocenters. The lowest BCUT2D eigenvalue weighted by molar-refractivity contribution is -0.172. The van der Waals surface area contributed by atoms with Gasteiger partial charge in [-0.2, -0.15) is 0 Å². The van der Waals surface area contributed by atoms with Gasteiger partial charge in [-0.3, -0.25) is 0 Å². The summed E-state index contributed by atoms with van der Waals surface area (Å²) in [5.41, 5.74) is 1.68. The van der Waals surface area contributed by atoms with Crippen LogP contribution in [0.1, 0.15) is 54.4 Å². The molecular formula is C11H22. The van der Waals surface area contributed by atoms with E-state index in [0.717, 1.165) is 0 Å². The van der Waals surface area contributed by atoms with E-state index in [-0.39, 0.29) is 0 Å². The summed E-state index contributed by atoms with van der Waals surface area (Å²) in [6, 6.07) is 0. The number of hydrogen-bond donors (Lipinski definition) is 0. The van der Waals surface area contributed by atoms with E-state index < -0.39 is 0 Å². The Morgan fingerprint density at radius 3 is 1.36 bits per heavy atom. The summed E-state index contributed by atoms with van der Waals surface area (Å²) in [6.07, 6.45) is 2.69. The molecule has 1 aliphatic carbocycles. The second-order valence-electron chi connectivity index (χ2n) is 5.63. The van der Waals surface area contributed by atoms with Gasteiger partial charge in [0.25, 0.3) is 0 Å². The molecule has 0 aromatic rings. The first-order valence-electron chi connectivity index (χ1n) is 4.77. The molecule has 0 amide bonds. The Morgan fingerprint density at radius 2 is 1.27 bits per heavy atom. The molecule has 0 aliphatic heterocycles. The molecule has 1 saturated carbocycles. The quantitative estimate of drug-likeness (QED) is 0.538. The molecule has 1 fully saturated rings. The summed E-state index contributed by atoms with van der Waals surface area (Å²) < 4.78 is 0. The SMILES string of the molecule is CCC1(C)C(C)(C)CC1(C)C. The highest BCUT2D eigenvalue weighted by atomic mass is 14.6. The summed E-state index contributed by atoms with van der Waals surface area (Å²) in [5, 5.41) is 0. The van der Waals surface area contributed by atoms with Crippen molar-refractivity contribution >= 4 is 0 Å². The van der Waals surface area contributed by atoms with E-state index in [4.69, 9.17) is 0 Å². The van der Waals surface area contributed by atoms with Crippen molar-refractivity contribution in [1.82, 2.24) is 0 Å². The van der Waals surface area contributed by atoms with Crippen LogP contribution in [-0.4, -0.2) is 0 Å². The average molecular weight is 154 g/mol. The first-order valence-corrected chi connectivity index (χ1v) is 4.77. The zero-order valence-electron chi connectivity index (χ0n) is 8.91. The highest BCUT2D eigenvalue weighted by Crippen LogP contribution is 2.68. The molecule has 0 saturated heterocycles. The molecule has 0 bridgehead atoms. The third-order valence-electron chi connectivity index (χ3n) is 4.58. The molecule has 66 valence electrons. The van der Waals surface area contributed by atoms with Crippen LogP contribution in [0.2, 0.25) is 0 Å². The third kappa shape index (κ3) is 0.878. The highest BCUT2D eigenvalue weighted by Gasteiger charge is 2.60. The molecule has 0 heterocycles. The standard InChI is InChI=1S/C11H22/c1-7-11(6)9(2,3)8-10(11,4)5/h7-8H2,1-6H3. The molecule has 0 N–H and O–H groups in total. The van der Waals surface area contributed by atoms with Crippen molar-refractivity contribution in [2.24, 2.45) is 16.2 Å². The van der Waals surface area contributed by atoms with Gasteiger partial charge in [0.2, 0.25) is 0 Å². The van der Waals surface area contributed by atoms with E-state index >= 15 is 0 Å². The van der Waals surface area contributed by atoms with Gasteiger partial charge >= 0.3 is 0 Å². The molecule has 1 rings (SSSR count). The smallest absolute Gasteiger partial charge is 0.0226 e. The lowest BCUT2D eigenvalue weighted by Gasteiger charge is -2.66. The summed E-state index contributed by atoms with van der Waals surface area (Å²) in [4.78, 5) is 0. The van der Waals surface area contributed by atoms with Crippen LogP contribution in [0, 0.1) is 16.2 Å². The lowest BCUT2D eigenvalue weighted by atomic mass is 9.38. The topological polar surface area (TPSA) is 0 Å². The summed E-state index contributed by atoms with van der Waals surface area (Å²) in [7, 11) is 0. The summed E-state index contributed by atoms with van der Waals surface area (Å²) >= 11 is 0. The van der Waals surface area contributed by atoms with Crippen LogP contribution in [0.3, 0.4) is 0 Å². The van der Waals surface area contributed by atoms with E-state index in [9.17, 15) is 0 Å². The monoisotopic (exact) mass is 154 g/mol. The van der Waals surface area contributed by atoms with Crippen LogP contribution >= 0.6 is 0 Å². The van der Waals surface area contributed by atoms with Gasteiger partial charge < -0.3 is 0 Å². The predicted octanol–water partition coefficient (Wildman–Crippen LogP) is 3.86. The molecule has 0 aromatic heterocycles. The lowest BCUT2D eigenvalue weighted by Crippen LogP contribution is -2.58. The molecule has 0 spiro atoms. The van der Waals surface area contributed by atoms with Gasteiger partial charge in [-0.25, -0.2) is 0 Å². The Kier molecular flexibility index (Phi) is 1.67. The fourth-order valence-electron chi connectivity index (χ4n) is 3.26. The van der Waals surface area contributed by atoms with Crippen molar-refractivity contribution < 1.29 is 0 Å². The van der Waals surface area contributed by atoms with Crippen LogP contribution in [0.25, 0.3) is 0 Å². The molecule has 0 aromatic carbocycles. The van der Waals surface area contributed by atoms with Gasteiger partial charge in [-0.15, -0.1) is 0 Å². The van der Waals surface area contributed by atoms with Crippen molar-refractivity contribution in [3.8, 4) is 0 Å². The van der Waals surface area contributed by atoms with E-state index in [0.29, 0.717) is 16.2 Å². The fourth-order valence-corrected chi connectivity index (χ4v) is 3.26. The predicted molar refractivity (Wildman–Crippen MR) is 50.6 cm³/mol. The molecule has 0 heteroatoms. The minimum atomic E-state index is 0.556. The van der Waals surface area contributed by atoms with Crippen molar-refractivity contribution in [2.45, 2.75) is 54.4 Å². The third-order valence-corrected chi connectivity index (χ3v) is 4.58. The molecule has 0 atom stereocenters. The normalized spacial score (nSPS) is 31.1. The molecule has 0 radical (unpaired) electrons. The van der Waals surface area contributed by atoms with Crippen molar-refractivity contribution in [3.63, 3.8) is 0 Å². The highest BCUT2D eigenvalue weighted by molar-refractivity contribution is 5.09. The number of rotatable bonds is 1. The summed E-state index contributed by atoms with van der Waals surface area (Å²) in [5.74, 6) is 0. The van der Waals surface area contributed by atoms with E-state index in [1.54, 1.807) is 0 Å². The Bertz CT molecular complexity index is 149. The van der Waals surface area contributed by atoms with Gasteiger partial charge in [-0.1, -0.05) is 41.5 Å². The number of hydrogen-bond acceptors (Lipinski definition) is 0. The first kappa shape index (κ1) is 9.09. The van der Waals surface area contributed by atoms with Crippen molar-refractivity contribution in [2.75, 3.05) is 0 Å². The van der Waals surface area contributed by atoms with Gasteiger partial charge in [0.1, 0.15) is 0 Å². The minimum absolute atomic E-state index is 0.556. The largest absolute Gasteiger partial charge is 0.0648 e. The van der Waals surface area contributed by atoms with Crippen LogP contribution < -0.4 is 0 Å². The van der Waals surface area contributed by atoms with E-state index in [1.807, 2.05) is 0 Å². The first-order chi connectivity index (χ1) is 4.77. The fraction of sp³-hybridized carbons (Fsp3) is 1.00. The average Bonchev–Trinajstić information content (AvgIpc) is 1.83. The molecular weight excluding hydrogens is 132 g/mol. The molecule has 11 heavy (non-hydrogen) atoms. The van der Waals surface area contributed by atoms with Crippen LogP contribution in [0.5, 0.6) is 0 Å². The Balaban J connectivity index is 2.89. The minimum Gasteiger partial charge on any atom is -0.0648 e. The Hall–Kier alpha value is 0. The van der Waals surface area contributed by atoms with Crippen molar-refractivity contribution in [1.29, 1.82) is 0 Å². The molecule has 0 nitrogen and oxygen atoms in total. The maximum absolute atomic E-state index is 2.44. The van der Waals surface area contributed by atoms with Crippen molar-refractivity contribution in [3.05, 3.63) is 0 Å². The molecule has 1 aliphatic rings. The maximum atomic E-state index is 2.44. The zero-order chi connectivity index (χ0) is 8.91. The van der Waals surface area contributed by atoms with E-state index in [2.05, 4.69) is 41.5 Å². The zero-order valence-corrected chi connectivity index (χ0v) is 8.91. The van der Waals surface area contributed by atoms with Gasteiger partial charge in [0.05, 0.1) is 0 Å². The Labute approximate surface area is 71.4 Å². The van der Waals surface area contributed by atoms with E-state index in [1.165, 1.54) is 12.8 Å². The van der Waals surface area contributed by atoms with Crippen LogP contribution in [-0.2, 0) is 0 Å². The van der Waals surface area contributed by atoms with Crippen LogP contribution in [0.15, 0.2) is 0 Å². The second kappa shape index (κ2) is 2.02. The van der Waals surface area contributed by atoms with Gasteiger partial charge in [0, 0.05) is 0 Å². The maximum Gasteiger partial charge on any atom is -0.0226 e.